The molecular formula is C15H24N2O4. The number of likely N-dealkylation sites (tertiary alicyclic amines) is 1. The van der Waals surface area contributed by atoms with Crippen LogP contribution in [0.25, 0.3) is 0 Å². The van der Waals surface area contributed by atoms with E-state index in [4.69, 9.17) is 5.11 Å². The molecule has 1 saturated heterocycles. The van der Waals surface area contributed by atoms with Crippen LogP contribution in [0.4, 0.5) is 0 Å². The van der Waals surface area contributed by atoms with E-state index in [0.717, 1.165) is 12.8 Å². The number of nitrogens with zero attached hydrogens (tertiary/aromatic N) is 2. The van der Waals surface area contributed by atoms with Crippen molar-refractivity contribution in [3.8, 4) is 0 Å². The number of hydrogen-bond donors (Lipinski definition) is 1. The molecule has 2 atom stereocenters. The van der Waals surface area contributed by atoms with Crippen molar-refractivity contribution in [1.82, 2.24) is 9.80 Å². The Hall–Kier alpha value is -1.59. The normalized spacial score (nSPS) is 23.5. The van der Waals surface area contributed by atoms with E-state index < -0.39 is 11.9 Å². The molecule has 2 amide bonds. The average Bonchev–Trinajstić information content (AvgIpc) is 3.16. The van der Waals surface area contributed by atoms with Crippen molar-refractivity contribution in [2.75, 3.05) is 13.1 Å². The molecule has 2 fully saturated rings. The van der Waals surface area contributed by atoms with E-state index in [-0.39, 0.29) is 42.8 Å². The topological polar surface area (TPSA) is 77.9 Å². The van der Waals surface area contributed by atoms with E-state index in [1.54, 1.807) is 16.7 Å². The molecule has 1 aliphatic carbocycles. The number of carbonyl (C=O) groups is 3. The lowest BCUT2D eigenvalue weighted by Gasteiger charge is -2.27. The fourth-order valence-corrected chi connectivity index (χ4v) is 2.81. The van der Waals surface area contributed by atoms with Gasteiger partial charge in [-0.05, 0) is 26.7 Å². The SMILES string of the molecule is CC(C)N1C[C@H](C(=O)N(C[C@H](C)C(=O)O)C2CC2)CC1=O. The lowest BCUT2D eigenvalue weighted by atomic mass is 10.1. The molecule has 0 aromatic heterocycles. The molecule has 21 heavy (non-hydrogen) atoms. The second kappa shape index (κ2) is 6.03. The standard InChI is InChI=1S/C15H24N2O4/c1-9(2)16-8-11(6-13(16)18)14(19)17(12-4-5-12)7-10(3)15(20)21/h9-12H,4-8H2,1-3H3,(H,20,21)/t10-,11+/m0/s1. The van der Waals surface area contributed by atoms with Crippen LogP contribution in [0.1, 0.15) is 40.0 Å². The zero-order valence-electron chi connectivity index (χ0n) is 12.9. The molecule has 6 heteroatoms. The largest absolute Gasteiger partial charge is 0.481 e. The summed E-state index contributed by atoms with van der Waals surface area (Å²) in [6, 6.07) is 0.269. The molecule has 118 valence electrons. The van der Waals surface area contributed by atoms with Gasteiger partial charge in [0.15, 0.2) is 0 Å². The second-order valence-corrected chi connectivity index (χ2v) is 6.50. The summed E-state index contributed by atoms with van der Waals surface area (Å²) in [7, 11) is 0. The predicted octanol–water partition coefficient (Wildman–Crippen LogP) is 0.955. The molecule has 0 radical (unpaired) electrons. The molecule has 0 unspecified atom stereocenters. The number of carboxylic acid groups (broad SMARTS) is 1. The molecule has 1 aliphatic heterocycles. The van der Waals surface area contributed by atoms with Crippen LogP contribution < -0.4 is 0 Å². The third-order valence-electron chi connectivity index (χ3n) is 4.29. The molecular weight excluding hydrogens is 272 g/mol. The highest BCUT2D eigenvalue weighted by Crippen LogP contribution is 2.31. The van der Waals surface area contributed by atoms with E-state index in [2.05, 4.69) is 0 Å². The molecule has 1 saturated carbocycles. The minimum absolute atomic E-state index is 0.0189. The van der Waals surface area contributed by atoms with Gasteiger partial charge < -0.3 is 14.9 Å². The molecule has 0 spiro atoms. The Balaban J connectivity index is 2.02. The Morgan fingerprint density at radius 2 is 1.95 bits per heavy atom. The Morgan fingerprint density at radius 3 is 2.38 bits per heavy atom. The van der Waals surface area contributed by atoms with Crippen molar-refractivity contribution < 1.29 is 19.5 Å². The van der Waals surface area contributed by atoms with Crippen LogP contribution in [0.3, 0.4) is 0 Å². The first kappa shape index (κ1) is 15.8. The van der Waals surface area contributed by atoms with Gasteiger partial charge in [-0.15, -0.1) is 0 Å². The summed E-state index contributed by atoms with van der Waals surface area (Å²) in [5.74, 6) is -1.82. The van der Waals surface area contributed by atoms with Gasteiger partial charge >= 0.3 is 5.97 Å². The molecule has 0 aromatic carbocycles. The monoisotopic (exact) mass is 296 g/mol. The Morgan fingerprint density at radius 1 is 1.33 bits per heavy atom. The first-order valence-corrected chi connectivity index (χ1v) is 7.64. The van der Waals surface area contributed by atoms with Crippen LogP contribution in [-0.4, -0.2) is 57.9 Å². The highest BCUT2D eigenvalue weighted by Gasteiger charge is 2.42. The van der Waals surface area contributed by atoms with Crippen LogP contribution in [0.5, 0.6) is 0 Å². The van der Waals surface area contributed by atoms with E-state index in [9.17, 15) is 14.4 Å². The van der Waals surface area contributed by atoms with E-state index in [0.29, 0.717) is 6.54 Å². The average molecular weight is 296 g/mol. The van der Waals surface area contributed by atoms with Gasteiger partial charge in [0.1, 0.15) is 0 Å². The number of amides is 2. The number of carbonyl (C=O) groups excluding carboxylic acids is 2. The van der Waals surface area contributed by atoms with Crippen LogP contribution >= 0.6 is 0 Å². The maximum absolute atomic E-state index is 12.7. The summed E-state index contributed by atoms with van der Waals surface area (Å²) in [6.07, 6.45) is 2.13. The maximum Gasteiger partial charge on any atom is 0.308 e. The molecule has 2 aliphatic rings. The Kier molecular flexibility index (Phi) is 4.54. The first-order valence-electron chi connectivity index (χ1n) is 7.64. The number of aliphatic carboxylic acids is 1. The molecule has 2 rings (SSSR count). The second-order valence-electron chi connectivity index (χ2n) is 6.50. The molecule has 1 N–H and O–H groups in total. The first-order chi connectivity index (χ1) is 9.81. The Labute approximate surface area is 125 Å². The fraction of sp³-hybridized carbons (Fsp3) is 0.800. The van der Waals surface area contributed by atoms with E-state index >= 15 is 0 Å². The fourth-order valence-electron chi connectivity index (χ4n) is 2.81. The Bertz CT molecular complexity index is 445. The summed E-state index contributed by atoms with van der Waals surface area (Å²) in [6.45, 7) is 6.20. The summed E-state index contributed by atoms with van der Waals surface area (Å²) in [5, 5.41) is 9.04. The van der Waals surface area contributed by atoms with Crippen molar-refractivity contribution in [3.63, 3.8) is 0 Å². The predicted molar refractivity (Wildman–Crippen MR) is 76.5 cm³/mol. The highest BCUT2D eigenvalue weighted by atomic mass is 16.4. The molecule has 1 heterocycles. The summed E-state index contributed by atoms with van der Waals surface area (Å²) in [5.41, 5.74) is 0. The van der Waals surface area contributed by atoms with E-state index in [1.807, 2.05) is 13.8 Å². The van der Waals surface area contributed by atoms with Gasteiger partial charge in [0.25, 0.3) is 0 Å². The van der Waals surface area contributed by atoms with Gasteiger partial charge in [0.05, 0.1) is 11.8 Å². The highest BCUT2D eigenvalue weighted by molar-refractivity contribution is 5.90. The van der Waals surface area contributed by atoms with Gasteiger partial charge in [0.2, 0.25) is 11.8 Å². The van der Waals surface area contributed by atoms with Gasteiger partial charge in [-0.3, -0.25) is 14.4 Å². The maximum atomic E-state index is 12.7. The quantitative estimate of drug-likeness (QED) is 0.792. The van der Waals surface area contributed by atoms with Crippen molar-refractivity contribution in [3.05, 3.63) is 0 Å². The van der Waals surface area contributed by atoms with Crippen molar-refractivity contribution in [1.29, 1.82) is 0 Å². The lowest BCUT2D eigenvalue weighted by Crippen LogP contribution is -2.43. The number of hydrogen-bond acceptors (Lipinski definition) is 3. The van der Waals surface area contributed by atoms with Crippen LogP contribution in [0, 0.1) is 11.8 Å². The number of carboxylic acids is 1. The van der Waals surface area contributed by atoms with Gasteiger partial charge in [-0.1, -0.05) is 6.92 Å². The van der Waals surface area contributed by atoms with Crippen LogP contribution in [0.15, 0.2) is 0 Å². The molecule has 0 bridgehead atoms. The minimum Gasteiger partial charge on any atom is -0.481 e. The minimum atomic E-state index is -0.889. The smallest absolute Gasteiger partial charge is 0.308 e. The van der Waals surface area contributed by atoms with Gasteiger partial charge in [-0.25, -0.2) is 0 Å². The van der Waals surface area contributed by atoms with Crippen molar-refractivity contribution in [2.24, 2.45) is 11.8 Å². The molecule has 0 aromatic rings. The zero-order chi connectivity index (χ0) is 15.7. The molecule has 6 nitrogen and oxygen atoms in total. The summed E-state index contributed by atoms with van der Waals surface area (Å²) < 4.78 is 0. The van der Waals surface area contributed by atoms with Gasteiger partial charge in [-0.2, -0.15) is 0 Å². The zero-order valence-corrected chi connectivity index (χ0v) is 12.9. The van der Waals surface area contributed by atoms with Gasteiger partial charge in [0, 0.05) is 31.6 Å². The van der Waals surface area contributed by atoms with Crippen molar-refractivity contribution >= 4 is 17.8 Å². The summed E-state index contributed by atoms with van der Waals surface area (Å²) >= 11 is 0. The third-order valence-corrected chi connectivity index (χ3v) is 4.29. The van der Waals surface area contributed by atoms with E-state index in [1.165, 1.54) is 0 Å². The van der Waals surface area contributed by atoms with Crippen molar-refractivity contribution in [2.45, 2.75) is 52.1 Å². The van der Waals surface area contributed by atoms with Crippen LogP contribution in [0.2, 0.25) is 0 Å². The van der Waals surface area contributed by atoms with Crippen LogP contribution in [-0.2, 0) is 14.4 Å². The summed E-state index contributed by atoms with van der Waals surface area (Å²) in [4.78, 5) is 39.0. The third kappa shape index (κ3) is 3.54. The number of rotatable bonds is 6. The lowest BCUT2D eigenvalue weighted by molar-refractivity contribution is -0.144.